The van der Waals surface area contributed by atoms with Gasteiger partial charge in [-0.15, -0.1) is 10.2 Å². The van der Waals surface area contributed by atoms with Gasteiger partial charge in [-0.2, -0.15) is 0 Å². The van der Waals surface area contributed by atoms with E-state index in [4.69, 9.17) is 4.74 Å². The molecule has 6 heteroatoms. The second-order valence-electron chi connectivity index (χ2n) is 3.71. The Kier molecular flexibility index (Phi) is 5.44. The van der Waals surface area contributed by atoms with Crippen LogP contribution in [0.15, 0.2) is 29.6 Å². The third-order valence-electron chi connectivity index (χ3n) is 2.42. The first kappa shape index (κ1) is 13.3. The highest BCUT2D eigenvalue weighted by molar-refractivity contribution is 7.99. The topological polar surface area (TPSA) is 51.5 Å². The normalized spacial score (nSPS) is 11.2. The highest BCUT2D eigenvalue weighted by Gasteiger charge is 2.03. The molecule has 0 unspecified atom stereocenters. The van der Waals surface area contributed by atoms with Crippen LogP contribution in [0, 0.1) is 0 Å². The van der Waals surface area contributed by atoms with E-state index >= 15 is 0 Å². The van der Waals surface area contributed by atoms with Gasteiger partial charge in [-0.25, -0.2) is 0 Å². The average molecular weight is 266 g/mol. The summed E-state index contributed by atoms with van der Waals surface area (Å²) in [6.45, 7) is 5.40. The maximum Gasteiger partial charge on any atom is 0.195 e. The Bertz CT molecular complexity index is 474. The quantitative estimate of drug-likeness (QED) is 0.579. The molecule has 0 aromatic carbocycles. The van der Waals surface area contributed by atoms with Gasteiger partial charge >= 0.3 is 0 Å². The van der Waals surface area contributed by atoms with E-state index in [1.165, 1.54) is 0 Å². The molecule has 0 amide bonds. The van der Waals surface area contributed by atoms with Gasteiger partial charge in [-0.1, -0.05) is 17.8 Å². The maximum absolute atomic E-state index is 5.25. The van der Waals surface area contributed by atoms with E-state index in [0.29, 0.717) is 0 Å². The summed E-state index contributed by atoms with van der Waals surface area (Å²) in [4.78, 5) is 0. The van der Waals surface area contributed by atoms with Crippen LogP contribution < -0.4 is 5.32 Å². The van der Waals surface area contributed by atoms with Gasteiger partial charge in [0.1, 0.15) is 0 Å². The number of nitrogens with zero attached hydrogens (tertiary/aromatic N) is 3. The molecule has 2 rings (SSSR count). The van der Waals surface area contributed by atoms with E-state index in [9.17, 15) is 0 Å². The predicted molar refractivity (Wildman–Crippen MR) is 73.1 cm³/mol. The van der Waals surface area contributed by atoms with Crippen LogP contribution in [-0.2, 0) is 4.74 Å². The van der Waals surface area contributed by atoms with E-state index in [1.807, 2.05) is 35.7 Å². The van der Waals surface area contributed by atoms with Crippen LogP contribution >= 0.6 is 11.8 Å². The summed E-state index contributed by atoms with van der Waals surface area (Å²) in [6, 6.07) is 5.91. The van der Waals surface area contributed by atoms with Gasteiger partial charge in [0.2, 0.25) is 0 Å². The molecule has 1 N–H and O–H groups in total. The van der Waals surface area contributed by atoms with Crippen molar-refractivity contribution in [3.63, 3.8) is 0 Å². The van der Waals surface area contributed by atoms with Crippen LogP contribution in [0.5, 0.6) is 0 Å². The zero-order chi connectivity index (χ0) is 12.6. The number of nitrogens with one attached hydrogen (secondary N) is 1. The number of ether oxygens (including phenoxy) is 1. The number of hydrogen-bond donors (Lipinski definition) is 1. The van der Waals surface area contributed by atoms with Gasteiger partial charge in [0.25, 0.3) is 0 Å². The molecule has 0 atom stereocenters. The summed E-state index contributed by atoms with van der Waals surface area (Å²) in [5.74, 6) is 0.974. The van der Waals surface area contributed by atoms with Crippen molar-refractivity contribution in [2.75, 3.05) is 32.1 Å². The van der Waals surface area contributed by atoms with Gasteiger partial charge in [0, 0.05) is 31.6 Å². The minimum atomic E-state index is 0.773. The summed E-state index contributed by atoms with van der Waals surface area (Å²) in [6.07, 6.45) is 1.99. The molecule has 0 bridgehead atoms. The lowest BCUT2D eigenvalue weighted by molar-refractivity contribution is 0.150. The van der Waals surface area contributed by atoms with Gasteiger partial charge in [0.05, 0.1) is 6.61 Å². The summed E-state index contributed by atoms with van der Waals surface area (Å²) in [5, 5.41) is 12.5. The van der Waals surface area contributed by atoms with E-state index in [2.05, 4.69) is 15.5 Å². The lowest BCUT2D eigenvalue weighted by Gasteiger charge is -2.04. The second kappa shape index (κ2) is 7.35. The van der Waals surface area contributed by atoms with E-state index < -0.39 is 0 Å². The Hall–Kier alpha value is -1.11. The number of thioether (sulfide) groups is 1. The van der Waals surface area contributed by atoms with Crippen LogP contribution in [0.3, 0.4) is 0 Å². The van der Waals surface area contributed by atoms with Crippen LogP contribution in [0.1, 0.15) is 6.92 Å². The number of rotatable bonds is 8. The number of fused-ring (bicyclic) bond motifs is 1. The molecule has 0 radical (unpaired) electrons. The molecular formula is C12H18N4OS. The molecule has 0 saturated heterocycles. The zero-order valence-corrected chi connectivity index (χ0v) is 11.3. The van der Waals surface area contributed by atoms with Gasteiger partial charge in [-0.3, -0.25) is 4.40 Å². The zero-order valence-electron chi connectivity index (χ0n) is 10.5. The first-order valence-corrected chi connectivity index (χ1v) is 7.11. The average Bonchev–Trinajstić information content (AvgIpc) is 2.81. The van der Waals surface area contributed by atoms with E-state index in [-0.39, 0.29) is 0 Å². The molecule has 5 nitrogen and oxygen atoms in total. The molecular weight excluding hydrogens is 248 g/mol. The Morgan fingerprint density at radius 3 is 3.17 bits per heavy atom. The molecule has 98 valence electrons. The Balaban J connectivity index is 1.70. The first-order valence-electron chi connectivity index (χ1n) is 6.13. The van der Waals surface area contributed by atoms with Crippen LogP contribution in [0.4, 0.5) is 0 Å². The Morgan fingerprint density at radius 2 is 2.28 bits per heavy atom. The summed E-state index contributed by atoms with van der Waals surface area (Å²) < 4.78 is 7.25. The smallest absolute Gasteiger partial charge is 0.195 e. The summed E-state index contributed by atoms with van der Waals surface area (Å²) in [5.41, 5.74) is 0.893. The van der Waals surface area contributed by atoms with Crippen molar-refractivity contribution in [1.82, 2.24) is 19.9 Å². The van der Waals surface area contributed by atoms with Crippen molar-refractivity contribution in [3.8, 4) is 0 Å². The van der Waals surface area contributed by atoms with Gasteiger partial charge in [0.15, 0.2) is 10.8 Å². The lowest BCUT2D eigenvalue weighted by Crippen LogP contribution is -2.22. The third-order valence-corrected chi connectivity index (χ3v) is 3.36. The molecule has 0 aliphatic rings. The van der Waals surface area contributed by atoms with Gasteiger partial charge < -0.3 is 10.1 Å². The van der Waals surface area contributed by atoms with Crippen molar-refractivity contribution in [1.29, 1.82) is 0 Å². The van der Waals surface area contributed by atoms with Crippen molar-refractivity contribution < 1.29 is 4.74 Å². The predicted octanol–water partition coefficient (Wildman–Crippen LogP) is 1.45. The molecule has 2 aromatic rings. The molecule has 0 aliphatic carbocycles. The Morgan fingerprint density at radius 1 is 1.33 bits per heavy atom. The molecule has 2 aromatic heterocycles. The fraction of sp³-hybridized carbons (Fsp3) is 0.500. The third kappa shape index (κ3) is 3.69. The van der Waals surface area contributed by atoms with Crippen LogP contribution in [0.2, 0.25) is 0 Å². The van der Waals surface area contributed by atoms with Gasteiger partial charge in [-0.05, 0) is 19.1 Å². The first-order chi connectivity index (χ1) is 8.92. The highest BCUT2D eigenvalue weighted by Crippen LogP contribution is 2.15. The van der Waals surface area contributed by atoms with Crippen LogP contribution in [0.25, 0.3) is 5.65 Å². The summed E-state index contributed by atoms with van der Waals surface area (Å²) >= 11 is 1.71. The number of aromatic nitrogens is 3. The largest absolute Gasteiger partial charge is 0.380 e. The fourth-order valence-corrected chi connectivity index (χ4v) is 2.37. The van der Waals surface area contributed by atoms with Crippen molar-refractivity contribution >= 4 is 17.4 Å². The SMILES string of the molecule is CCOCCNCCSc1nnc2ccccn12. The maximum atomic E-state index is 5.25. The highest BCUT2D eigenvalue weighted by atomic mass is 32.2. The fourth-order valence-electron chi connectivity index (χ4n) is 1.55. The minimum absolute atomic E-state index is 0.773. The molecule has 0 fully saturated rings. The van der Waals surface area contributed by atoms with Crippen molar-refractivity contribution in [3.05, 3.63) is 24.4 Å². The monoisotopic (exact) mass is 266 g/mol. The second-order valence-corrected chi connectivity index (χ2v) is 4.77. The summed E-state index contributed by atoms with van der Waals surface area (Å²) in [7, 11) is 0. The molecule has 18 heavy (non-hydrogen) atoms. The number of pyridine rings is 1. The molecule has 2 heterocycles. The van der Waals surface area contributed by atoms with E-state index in [0.717, 1.165) is 42.9 Å². The minimum Gasteiger partial charge on any atom is -0.380 e. The molecule has 0 aliphatic heterocycles. The number of hydrogen-bond acceptors (Lipinski definition) is 5. The van der Waals surface area contributed by atoms with Crippen molar-refractivity contribution in [2.24, 2.45) is 0 Å². The van der Waals surface area contributed by atoms with E-state index in [1.54, 1.807) is 11.8 Å². The van der Waals surface area contributed by atoms with Crippen molar-refractivity contribution in [2.45, 2.75) is 12.1 Å². The standard InChI is InChI=1S/C12H18N4OS/c1-2-17-9-6-13-7-10-18-12-15-14-11-5-3-4-8-16(11)12/h3-5,8,13H,2,6-7,9-10H2,1H3. The molecule has 0 saturated carbocycles. The Labute approximate surface area is 111 Å². The lowest BCUT2D eigenvalue weighted by atomic mass is 10.5. The molecule has 0 spiro atoms. The van der Waals surface area contributed by atoms with Crippen LogP contribution in [-0.4, -0.2) is 46.7 Å².